The van der Waals surface area contributed by atoms with Crippen LogP contribution in [0.4, 0.5) is 8.78 Å². The lowest BCUT2D eigenvalue weighted by atomic mass is 10.1. The SMILES string of the molecule is O=C(NCCc1ccc(OC(F)F)cc1)c1occc1-c1ccccc1. The Hall–Kier alpha value is -3.15. The van der Waals surface area contributed by atoms with Gasteiger partial charge in [-0.25, -0.2) is 0 Å². The molecule has 0 aliphatic carbocycles. The molecular weight excluding hydrogens is 340 g/mol. The minimum atomic E-state index is -2.84. The van der Waals surface area contributed by atoms with E-state index in [0.29, 0.717) is 13.0 Å². The largest absolute Gasteiger partial charge is 0.459 e. The number of furan rings is 1. The van der Waals surface area contributed by atoms with Gasteiger partial charge in [0.25, 0.3) is 5.91 Å². The summed E-state index contributed by atoms with van der Waals surface area (Å²) in [5, 5.41) is 2.81. The Kier molecular flexibility index (Phi) is 5.63. The van der Waals surface area contributed by atoms with Gasteiger partial charge in [0.2, 0.25) is 0 Å². The average Bonchev–Trinajstić information content (AvgIpc) is 3.13. The van der Waals surface area contributed by atoms with Gasteiger partial charge in [-0.15, -0.1) is 0 Å². The molecule has 0 fully saturated rings. The average molecular weight is 357 g/mol. The topological polar surface area (TPSA) is 51.5 Å². The fourth-order valence-corrected chi connectivity index (χ4v) is 2.57. The van der Waals surface area contributed by atoms with E-state index in [-0.39, 0.29) is 17.4 Å². The molecule has 1 aromatic heterocycles. The third-order valence-corrected chi connectivity index (χ3v) is 3.80. The molecule has 1 N–H and O–H groups in total. The second kappa shape index (κ2) is 8.29. The van der Waals surface area contributed by atoms with Gasteiger partial charge >= 0.3 is 6.61 Å². The van der Waals surface area contributed by atoms with Crippen LogP contribution in [0.15, 0.2) is 71.3 Å². The van der Waals surface area contributed by atoms with Gasteiger partial charge in [0.05, 0.1) is 6.26 Å². The number of alkyl halides is 2. The normalized spacial score (nSPS) is 10.7. The van der Waals surface area contributed by atoms with Crippen molar-refractivity contribution in [1.82, 2.24) is 5.32 Å². The monoisotopic (exact) mass is 357 g/mol. The summed E-state index contributed by atoms with van der Waals surface area (Å²) in [6, 6.07) is 17.6. The first-order valence-electron chi connectivity index (χ1n) is 8.08. The molecule has 6 heteroatoms. The number of carbonyl (C=O) groups is 1. The van der Waals surface area contributed by atoms with Gasteiger partial charge in [-0.3, -0.25) is 4.79 Å². The zero-order valence-electron chi connectivity index (χ0n) is 13.8. The van der Waals surface area contributed by atoms with E-state index in [2.05, 4.69) is 10.1 Å². The summed E-state index contributed by atoms with van der Waals surface area (Å²) in [7, 11) is 0. The molecule has 0 bridgehead atoms. The fourth-order valence-electron chi connectivity index (χ4n) is 2.57. The molecular formula is C20H17F2NO3. The number of carbonyl (C=O) groups excluding carboxylic acids is 1. The zero-order chi connectivity index (χ0) is 18.4. The molecule has 0 aliphatic rings. The maximum absolute atomic E-state index is 12.4. The van der Waals surface area contributed by atoms with Crippen LogP contribution in [-0.4, -0.2) is 19.1 Å². The molecule has 26 heavy (non-hydrogen) atoms. The Labute approximate surface area is 149 Å². The molecule has 0 radical (unpaired) electrons. The molecule has 3 rings (SSSR count). The van der Waals surface area contributed by atoms with Gasteiger partial charge < -0.3 is 14.5 Å². The van der Waals surface area contributed by atoms with Crippen LogP contribution in [0.1, 0.15) is 16.1 Å². The van der Waals surface area contributed by atoms with Crippen LogP contribution in [0, 0.1) is 0 Å². The van der Waals surface area contributed by atoms with Crippen molar-refractivity contribution in [1.29, 1.82) is 0 Å². The number of amides is 1. The molecule has 1 heterocycles. The van der Waals surface area contributed by atoms with Gasteiger partial charge in [-0.1, -0.05) is 42.5 Å². The number of halogens is 2. The first kappa shape index (κ1) is 17.7. The summed E-state index contributed by atoms with van der Waals surface area (Å²) in [6.45, 7) is -2.45. The highest BCUT2D eigenvalue weighted by atomic mass is 19.3. The van der Waals surface area contributed by atoms with Crippen molar-refractivity contribution in [2.75, 3.05) is 6.54 Å². The summed E-state index contributed by atoms with van der Waals surface area (Å²) >= 11 is 0. The predicted octanol–water partition coefficient (Wildman–Crippen LogP) is 4.52. The fraction of sp³-hybridized carbons (Fsp3) is 0.150. The van der Waals surface area contributed by atoms with E-state index < -0.39 is 6.61 Å². The first-order chi connectivity index (χ1) is 12.6. The minimum absolute atomic E-state index is 0.107. The van der Waals surface area contributed by atoms with Crippen LogP contribution in [0.2, 0.25) is 0 Å². The van der Waals surface area contributed by atoms with E-state index >= 15 is 0 Å². The van der Waals surface area contributed by atoms with Crippen molar-refractivity contribution in [2.24, 2.45) is 0 Å². The van der Waals surface area contributed by atoms with Crippen LogP contribution in [0.3, 0.4) is 0 Å². The second-order valence-electron chi connectivity index (χ2n) is 5.56. The quantitative estimate of drug-likeness (QED) is 0.676. The highest BCUT2D eigenvalue weighted by Crippen LogP contribution is 2.24. The van der Waals surface area contributed by atoms with Crippen molar-refractivity contribution < 1.29 is 22.7 Å². The van der Waals surface area contributed by atoms with E-state index in [9.17, 15) is 13.6 Å². The minimum Gasteiger partial charge on any atom is -0.459 e. The van der Waals surface area contributed by atoms with Crippen LogP contribution in [0.5, 0.6) is 5.75 Å². The van der Waals surface area contributed by atoms with Gasteiger partial charge in [0, 0.05) is 12.1 Å². The Morgan fingerprint density at radius 3 is 2.46 bits per heavy atom. The second-order valence-corrected chi connectivity index (χ2v) is 5.56. The first-order valence-corrected chi connectivity index (χ1v) is 8.08. The van der Waals surface area contributed by atoms with Gasteiger partial charge in [-0.05, 0) is 35.7 Å². The smallest absolute Gasteiger partial charge is 0.387 e. The molecule has 0 saturated carbocycles. The van der Waals surface area contributed by atoms with E-state index in [4.69, 9.17) is 4.42 Å². The zero-order valence-corrected chi connectivity index (χ0v) is 13.8. The summed E-state index contributed by atoms with van der Waals surface area (Å²) in [6.07, 6.45) is 2.04. The number of rotatable bonds is 7. The van der Waals surface area contributed by atoms with E-state index in [1.165, 1.54) is 18.4 Å². The maximum Gasteiger partial charge on any atom is 0.387 e. The molecule has 0 atom stereocenters. The lowest BCUT2D eigenvalue weighted by Gasteiger charge is -2.07. The van der Waals surface area contributed by atoms with Crippen LogP contribution < -0.4 is 10.1 Å². The van der Waals surface area contributed by atoms with Crippen molar-refractivity contribution >= 4 is 5.91 Å². The standard InChI is InChI=1S/C20H17F2NO3/c21-20(22)26-16-8-6-14(7-9-16)10-12-23-19(24)18-17(11-13-25-18)15-4-2-1-3-5-15/h1-9,11,13,20H,10,12H2,(H,23,24). The van der Waals surface area contributed by atoms with E-state index in [1.54, 1.807) is 18.2 Å². The summed E-state index contributed by atoms with van der Waals surface area (Å²) < 4.78 is 33.9. The number of hydrogen-bond acceptors (Lipinski definition) is 3. The number of nitrogens with one attached hydrogen (secondary N) is 1. The van der Waals surface area contributed by atoms with E-state index in [1.807, 2.05) is 30.3 Å². The number of ether oxygens (including phenoxy) is 1. The summed E-state index contributed by atoms with van der Waals surface area (Å²) in [5.41, 5.74) is 2.53. The van der Waals surface area contributed by atoms with Crippen LogP contribution in [-0.2, 0) is 6.42 Å². The molecule has 0 spiro atoms. The Bertz CT molecular complexity index is 845. The molecule has 3 aromatic rings. The lowest BCUT2D eigenvalue weighted by Crippen LogP contribution is -2.25. The van der Waals surface area contributed by atoms with Crippen LogP contribution >= 0.6 is 0 Å². The Balaban J connectivity index is 1.56. The summed E-state index contributed by atoms with van der Waals surface area (Å²) in [4.78, 5) is 12.4. The molecule has 134 valence electrons. The molecule has 2 aromatic carbocycles. The third-order valence-electron chi connectivity index (χ3n) is 3.80. The van der Waals surface area contributed by atoms with Crippen molar-refractivity contribution in [3.8, 4) is 16.9 Å². The highest BCUT2D eigenvalue weighted by Gasteiger charge is 2.16. The number of hydrogen-bond donors (Lipinski definition) is 1. The van der Waals surface area contributed by atoms with Gasteiger partial charge in [0.15, 0.2) is 5.76 Å². The maximum atomic E-state index is 12.4. The van der Waals surface area contributed by atoms with Crippen molar-refractivity contribution in [2.45, 2.75) is 13.0 Å². The highest BCUT2D eigenvalue weighted by molar-refractivity contribution is 5.98. The van der Waals surface area contributed by atoms with Crippen molar-refractivity contribution in [3.63, 3.8) is 0 Å². The van der Waals surface area contributed by atoms with Gasteiger partial charge in [-0.2, -0.15) is 8.78 Å². The molecule has 0 unspecified atom stereocenters. The Morgan fingerprint density at radius 1 is 1.04 bits per heavy atom. The molecule has 4 nitrogen and oxygen atoms in total. The summed E-state index contributed by atoms with van der Waals surface area (Å²) in [5.74, 6) is 0.0688. The number of benzene rings is 2. The van der Waals surface area contributed by atoms with Gasteiger partial charge in [0.1, 0.15) is 5.75 Å². The van der Waals surface area contributed by atoms with Crippen molar-refractivity contribution in [3.05, 3.63) is 78.3 Å². The lowest BCUT2D eigenvalue weighted by molar-refractivity contribution is -0.0498. The van der Waals surface area contributed by atoms with Crippen LogP contribution in [0.25, 0.3) is 11.1 Å². The Morgan fingerprint density at radius 2 is 1.77 bits per heavy atom. The predicted molar refractivity (Wildman–Crippen MR) is 93.3 cm³/mol. The van der Waals surface area contributed by atoms with E-state index in [0.717, 1.165) is 16.7 Å². The molecule has 1 amide bonds. The molecule has 0 aliphatic heterocycles. The molecule has 0 saturated heterocycles. The third kappa shape index (κ3) is 4.47.